The van der Waals surface area contributed by atoms with Gasteiger partial charge in [-0.25, -0.2) is 4.98 Å². The van der Waals surface area contributed by atoms with Crippen LogP contribution in [0.4, 0.5) is 0 Å². The minimum atomic E-state index is -0.0163. The van der Waals surface area contributed by atoms with Crippen LogP contribution in [0.3, 0.4) is 0 Å². The van der Waals surface area contributed by atoms with E-state index in [-0.39, 0.29) is 5.91 Å². The predicted octanol–water partition coefficient (Wildman–Crippen LogP) is 3.05. The van der Waals surface area contributed by atoms with Gasteiger partial charge in [0.25, 0.3) is 0 Å². The van der Waals surface area contributed by atoms with Gasteiger partial charge < -0.3 is 10.1 Å². The number of amides is 1. The number of hydrogen-bond donors (Lipinski definition) is 1. The molecule has 0 aliphatic heterocycles. The molecule has 1 heterocycles. The molecule has 0 spiro atoms. The van der Waals surface area contributed by atoms with Gasteiger partial charge in [-0.3, -0.25) is 4.79 Å². The summed E-state index contributed by atoms with van der Waals surface area (Å²) in [4.78, 5) is 16.2. The highest BCUT2D eigenvalue weighted by Crippen LogP contribution is 2.26. The monoisotopic (exact) mass is 336 g/mol. The van der Waals surface area contributed by atoms with E-state index in [1.807, 2.05) is 5.38 Å². The van der Waals surface area contributed by atoms with Crippen molar-refractivity contribution in [2.75, 3.05) is 20.3 Å². The van der Waals surface area contributed by atoms with Gasteiger partial charge >= 0.3 is 0 Å². The number of thiazole rings is 1. The minimum Gasteiger partial charge on any atom is -0.383 e. The summed E-state index contributed by atoms with van der Waals surface area (Å²) in [5, 5.41) is 4.75. The molecule has 1 N–H and O–H groups in total. The fraction of sp³-hybridized carbons (Fsp3) is 0.375. The summed E-state index contributed by atoms with van der Waals surface area (Å²) in [5.74, 6) is 0.880. The fourth-order valence-electron chi connectivity index (χ4n) is 1.78. The van der Waals surface area contributed by atoms with Crippen molar-refractivity contribution in [3.05, 3.63) is 46.5 Å². The lowest BCUT2D eigenvalue weighted by atomic mass is 10.2. The summed E-state index contributed by atoms with van der Waals surface area (Å²) in [7, 11) is 1.62. The SMILES string of the molecule is COCCNC(=O)Cc1csc(SCc2ccc(C)cc2)n1. The van der Waals surface area contributed by atoms with Gasteiger partial charge in [0.05, 0.1) is 18.7 Å². The standard InChI is InChI=1S/C16H20N2O2S2/c1-12-3-5-13(6-4-12)10-21-16-18-14(11-22-16)9-15(19)17-7-8-20-2/h3-6,11H,7-10H2,1-2H3,(H,17,19). The molecule has 0 atom stereocenters. The molecule has 1 aromatic carbocycles. The molecule has 0 fully saturated rings. The van der Waals surface area contributed by atoms with Crippen LogP contribution < -0.4 is 5.32 Å². The molecule has 2 aromatic rings. The Bertz CT molecular complexity index is 596. The molecular weight excluding hydrogens is 316 g/mol. The number of nitrogens with one attached hydrogen (secondary N) is 1. The van der Waals surface area contributed by atoms with E-state index in [0.717, 1.165) is 15.8 Å². The van der Waals surface area contributed by atoms with Gasteiger partial charge in [-0.2, -0.15) is 0 Å². The molecule has 0 bridgehead atoms. The molecule has 118 valence electrons. The topological polar surface area (TPSA) is 51.2 Å². The molecule has 0 saturated heterocycles. The van der Waals surface area contributed by atoms with Crippen LogP contribution in [0, 0.1) is 6.92 Å². The number of rotatable bonds is 8. The zero-order valence-corrected chi connectivity index (χ0v) is 14.4. The van der Waals surface area contributed by atoms with Crippen LogP contribution in [0.25, 0.3) is 0 Å². The summed E-state index contributed by atoms with van der Waals surface area (Å²) < 4.78 is 5.90. The summed E-state index contributed by atoms with van der Waals surface area (Å²) >= 11 is 3.29. The smallest absolute Gasteiger partial charge is 0.226 e. The third kappa shape index (κ3) is 5.79. The van der Waals surface area contributed by atoms with Crippen LogP contribution in [-0.2, 0) is 21.7 Å². The zero-order valence-electron chi connectivity index (χ0n) is 12.8. The number of nitrogens with zero attached hydrogens (tertiary/aromatic N) is 1. The Labute approximate surface area is 139 Å². The number of ether oxygens (including phenoxy) is 1. The molecule has 1 amide bonds. The van der Waals surface area contributed by atoms with E-state index < -0.39 is 0 Å². The second-order valence-corrected chi connectivity index (χ2v) is 6.98. The average molecular weight is 336 g/mol. The number of aryl methyl sites for hydroxylation is 1. The van der Waals surface area contributed by atoms with Gasteiger partial charge in [0.1, 0.15) is 4.34 Å². The van der Waals surface area contributed by atoms with Gasteiger partial charge in [0, 0.05) is 24.8 Å². The van der Waals surface area contributed by atoms with E-state index in [4.69, 9.17) is 4.74 Å². The molecule has 0 saturated carbocycles. The first-order valence-corrected chi connectivity index (χ1v) is 8.92. The largest absolute Gasteiger partial charge is 0.383 e. The summed E-state index contributed by atoms with van der Waals surface area (Å²) in [6.07, 6.45) is 0.325. The summed E-state index contributed by atoms with van der Waals surface area (Å²) in [6.45, 7) is 3.15. The number of methoxy groups -OCH3 is 1. The first kappa shape index (κ1) is 17.0. The summed E-state index contributed by atoms with van der Waals surface area (Å²) in [5.41, 5.74) is 3.38. The molecule has 0 aliphatic carbocycles. The zero-order chi connectivity index (χ0) is 15.8. The Kier molecular flexibility index (Phi) is 6.89. The van der Waals surface area contributed by atoms with Crippen molar-refractivity contribution in [3.8, 4) is 0 Å². The lowest BCUT2D eigenvalue weighted by molar-refractivity contribution is -0.120. The molecule has 2 rings (SSSR count). The van der Waals surface area contributed by atoms with Gasteiger partial charge in [0.2, 0.25) is 5.91 Å². The molecule has 6 heteroatoms. The van der Waals surface area contributed by atoms with E-state index in [0.29, 0.717) is 19.6 Å². The highest BCUT2D eigenvalue weighted by atomic mass is 32.2. The predicted molar refractivity (Wildman–Crippen MR) is 91.4 cm³/mol. The highest BCUT2D eigenvalue weighted by Gasteiger charge is 2.08. The van der Waals surface area contributed by atoms with Crippen molar-refractivity contribution < 1.29 is 9.53 Å². The van der Waals surface area contributed by atoms with Gasteiger partial charge in [-0.1, -0.05) is 41.6 Å². The third-order valence-corrected chi connectivity index (χ3v) is 5.12. The Morgan fingerprint density at radius 2 is 2.14 bits per heavy atom. The first-order chi connectivity index (χ1) is 10.7. The van der Waals surface area contributed by atoms with Gasteiger partial charge in [-0.05, 0) is 12.5 Å². The van der Waals surface area contributed by atoms with Crippen LogP contribution in [0.5, 0.6) is 0 Å². The maximum Gasteiger partial charge on any atom is 0.226 e. The minimum absolute atomic E-state index is 0.0163. The van der Waals surface area contributed by atoms with E-state index in [9.17, 15) is 4.79 Å². The quantitative estimate of drug-likeness (QED) is 0.595. The Morgan fingerprint density at radius 3 is 2.86 bits per heavy atom. The van der Waals surface area contributed by atoms with E-state index in [1.54, 1.807) is 30.2 Å². The van der Waals surface area contributed by atoms with Crippen LogP contribution >= 0.6 is 23.1 Å². The van der Waals surface area contributed by atoms with Crippen molar-refractivity contribution in [3.63, 3.8) is 0 Å². The Balaban J connectivity index is 1.78. The number of thioether (sulfide) groups is 1. The maximum atomic E-state index is 11.7. The van der Waals surface area contributed by atoms with Gasteiger partial charge in [0.15, 0.2) is 0 Å². The number of carbonyl (C=O) groups is 1. The molecular formula is C16H20N2O2S2. The molecule has 1 aromatic heterocycles. The lowest BCUT2D eigenvalue weighted by Crippen LogP contribution is -2.28. The second kappa shape index (κ2) is 8.92. The van der Waals surface area contributed by atoms with Crippen molar-refractivity contribution in [1.29, 1.82) is 0 Å². The summed E-state index contributed by atoms with van der Waals surface area (Å²) in [6, 6.07) is 8.52. The van der Waals surface area contributed by atoms with E-state index in [2.05, 4.69) is 41.5 Å². The van der Waals surface area contributed by atoms with Crippen LogP contribution in [0.2, 0.25) is 0 Å². The molecule has 4 nitrogen and oxygen atoms in total. The van der Waals surface area contributed by atoms with E-state index in [1.165, 1.54) is 11.1 Å². The number of hydrogen-bond acceptors (Lipinski definition) is 5. The van der Waals surface area contributed by atoms with Gasteiger partial charge in [-0.15, -0.1) is 11.3 Å². The average Bonchev–Trinajstić information content (AvgIpc) is 2.94. The fourth-order valence-corrected chi connectivity index (χ4v) is 3.59. The number of carbonyl (C=O) groups excluding carboxylic acids is 1. The Hall–Kier alpha value is -1.37. The van der Waals surface area contributed by atoms with Crippen molar-refractivity contribution in [1.82, 2.24) is 10.3 Å². The molecule has 0 unspecified atom stereocenters. The van der Waals surface area contributed by atoms with Crippen LogP contribution in [0.1, 0.15) is 16.8 Å². The van der Waals surface area contributed by atoms with Crippen molar-refractivity contribution in [2.45, 2.75) is 23.4 Å². The maximum absolute atomic E-state index is 11.7. The highest BCUT2D eigenvalue weighted by molar-refractivity contribution is 8.00. The van der Waals surface area contributed by atoms with Crippen LogP contribution in [-0.4, -0.2) is 31.2 Å². The van der Waals surface area contributed by atoms with Crippen LogP contribution in [0.15, 0.2) is 34.0 Å². The molecule has 22 heavy (non-hydrogen) atoms. The van der Waals surface area contributed by atoms with E-state index >= 15 is 0 Å². The first-order valence-electron chi connectivity index (χ1n) is 7.06. The Morgan fingerprint density at radius 1 is 1.36 bits per heavy atom. The molecule has 0 radical (unpaired) electrons. The second-order valence-electron chi connectivity index (χ2n) is 4.90. The third-order valence-electron chi connectivity index (χ3n) is 2.98. The lowest BCUT2D eigenvalue weighted by Gasteiger charge is -2.02. The van der Waals surface area contributed by atoms with Crippen molar-refractivity contribution >= 4 is 29.0 Å². The number of aromatic nitrogens is 1. The normalized spacial score (nSPS) is 10.6. The molecule has 0 aliphatic rings. The van der Waals surface area contributed by atoms with Crippen molar-refractivity contribution in [2.24, 2.45) is 0 Å². The number of benzene rings is 1.